The molecule has 6 heteroatoms. The average molecular weight is 426 g/mol. The third-order valence-corrected chi connectivity index (χ3v) is 9.84. The maximum absolute atomic E-state index is 13.2. The van der Waals surface area contributed by atoms with E-state index in [4.69, 9.17) is 0 Å². The molecule has 1 amide bonds. The van der Waals surface area contributed by atoms with E-state index >= 15 is 0 Å². The molecule has 5 aliphatic carbocycles. The van der Waals surface area contributed by atoms with Crippen molar-refractivity contribution in [1.29, 1.82) is 0 Å². The summed E-state index contributed by atoms with van der Waals surface area (Å²) in [6.45, 7) is 2.27. The standard InChI is InChI=1S/C24H31N3O2S/c1-14(24-9-15-6-16(10-24)8-17(7-15)11-24)26-20(28)12-27-13-25-22-21(23(27)29)18-4-2-3-5-19(18)30-22/h13-17H,2-12H2,1H3,(H,26,28). The second kappa shape index (κ2) is 6.91. The maximum Gasteiger partial charge on any atom is 0.262 e. The Kier molecular flexibility index (Phi) is 4.38. The molecule has 5 aliphatic rings. The fourth-order valence-electron chi connectivity index (χ4n) is 7.60. The maximum atomic E-state index is 13.2. The van der Waals surface area contributed by atoms with E-state index in [-0.39, 0.29) is 29.5 Å². The van der Waals surface area contributed by atoms with Gasteiger partial charge in [-0.15, -0.1) is 11.3 Å². The first-order chi connectivity index (χ1) is 14.5. The molecule has 0 aromatic carbocycles. The summed E-state index contributed by atoms with van der Waals surface area (Å²) in [5.41, 5.74) is 1.43. The Hall–Kier alpha value is -1.69. The van der Waals surface area contributed by atoms with Crippen LogP contribution in [0.1, 0.15) is 68.7 Å². The van der Waals surface area contributed by atoms with E-state index in [1.54, 1.807) is 17.7 Å². The molecule has 2 heterocycles. The molecule has 1 atom stereocenters. The van der Waals surface area contributed by atoms with Crippen molar-refractivity contribution in [3.63, 3.8) is 0 Å². The van der Waals surface area contributed by atoms with E-state index in [2.05, 4.69) is 17.2 Å². The van der Waals surface area contributed by atoms with Gasteiger partial charge in [0.15, 0.2) is 0 Å². The number of nitrogens with one attached hydrogen (secondary N) is 1. The zero-order chi connectivity index (χ0) is 20.5. The van der Waals surface area contributed by atoms with E-state index in [1.807, 2.05) is 0 Å². The number of hydrogen-bond donors (Lipinski definition) is 1. The molecule has 1 unspecified atom stereocenters. The molecule has 7 rings (SSSR count). The molecule has 0 spiro atoms. The van der Waals surface area contributed by atoms with Crippen LogP contribution in [0.2, 0.25) is 0 Å². The van der Waals surface area contributed by atoms with Gasteiger partial charge < -0.3 is 5.32 Å². The summed E-state index contributed by atoms with van der Waals surface area (Å²) in [4.78, 5) is 32.8. The first-order valence-electron chi connectivity index (χ1n) is 11.8. The number of carbonyl (C=O) groups excluding carboxylic acids is 1. The molecule has 4 fully saturated rings. The quantitative estimate of drug-likeness (QED) is 0.803. The van der Waals surface area contributed by atoms with Crippen molar-refractivity contribution < 1.29 is 4.79 Å². The Morgan fingerprint density at radius 3 is 2.57 bits per heavy atom. The molecule has 4 saturated carbocycles. The van der Waals surface area contributed by atoms with Crippen molar-refractivity contribution in [3.05, 3.63) is 27.1 Å². The number of hydrogen-bond acceptors (Lipinski definition) is 4. The van der Waals surface area contributed by atoms with Crippen LogP contribution in [0.3, 0.4) is 0 Å². The van der Waals surface area contributed by atoms with Crippen molar-refractivity contribution >= 4 is 27.5 Å². The van der Waals surface area contributed by atoms with E-state index in [1.165, 1.54) is 60.0 Å². The molecule has 5 nitrogen and oxygen atoms in total. The predicted molar refractivity (Wildman–Crippen MR) is 119 cm³/mol. The van der Waals surface area contributed by atoms with Gasteiger partial charge in [-0.2, -0.15) is 0 Å². The van der Waals surface area contributed by atoms with Gasteiger partial charge in [0.2, 0.25) is 5.91 Å². The molecule has 2 aromatic heterocycles. The number of nitrogens with zero attached hydrogens (tertiary/aromatic N) is 2. The summed E-state index contributed by atoms with van der Waals surface area (Å²) in [6.07, 6.45) is 14.0. The lowest BCUT2D eigenvalue weighted by Gasteiger charge is -2.59. The number of amides is 1. The third-order valence-electron chi connectivity index (χ3n) is 8.64. The number of aryl methyl sites for hydroxylation is 2. The van der Waals surface area contributed by atoms with Gasteiger partial charge in [-0.05, 0) is 99.9 Å². The highest BCUT2D eigenvalue weighted by Crippen LogP contribution is 2.61. The lowest BCUT2D eigenvalue weighted by atomic mass is 9.48. The summed E-state index contributed by atoms with van der Waals surface area (Å²) in [7, 11) is 0. The zero-order valence-corrected chi connectivity index (χ0v) is 18.6. The van der Waals surface area contributed by atoms with E-state index < -0.39 is 0 Å². The predicted octanol–water partition coefficient (Wildman–Crippen LogP) is 4.06. The zero-order valence-electron chi connectivity index (χ0n) is 17.8. The van der Waals surface area contributed by atoms with Gasteiger partial charge >= 0.3 is 0 Å². The smallest absolute Gasteiger partial charge is 0.262 e. The number of fused-ring (bicyclic) bond motifs is 3. The lowest BCUT2D eigenvalue weighted by molar-refractivity contribution is -0.126. The number of aromatic nitrogens is 2. The molecule has 2 aromatic rings. The minimum atomic E-state index is -0.0504. The first-order valence-corrected chi connectivity index (χ1v) is 12.6. The molecule has 1 N–H and O–H groups in total. The molecule has 30 heavy (non-hydrogen) atoms. The van der Waals surface area contributed by atoms with Gasteiger partial charge in [-0.1, -0.05) is 0 Å². The van der Waals surface area contributed by atoms with Gasteiger partial charge in [0.25, 0.3) is 5.56 Å². The topological polar surface area (TPSA) is 64.0 Å². The fourth-order valence-corrected chi connectivity index (χ4v) is 8.82. The lowest BCUT2D eigenvalue weighted by Crippen LogP contribution is -2.56. The summed E-state index contributed by atoms with van der Waals surface area (Å²) < 4.78 is 1.52. The highest BCUT2D eigenvalue weighted by molar-refractivity contribution is 7.18. The van der Waals surface area contributed by atoms with Crippen LogP contribution in [-0.2, 0) is 24.2 Å². The Bertz CT molecular complexity index is 1030. The monoisotopic (exact) mass is 425 g/mol. The van der Waals surface area contributed by atoms with Crippen molar-refractivity contribution in [2.24, 2.45) is 23.2 Å². The van der Waals surface area contributed by atoms with E-state index in [9.17, 15) is 9.59 Å². The van der Waals surface area contributed by atoms with E-state index in [0.717, 1.165) is 47.2 Å². The second-order valence-corrected chi connectivity index (χ2v) is 11.7. The number of rotatable bonds is 4. The average Bonchev–Trinajstić information content (AvgIpc) is 3.08. The minimum absolute atomic E-state index is 0.0444. The van der Waals surface area contributed by atoms with Gasteiger partial charge in [0.1, 0.15) is 11.4 Å². The van der Waals surface area contributed by atoms with Crippen LogP contribution < -0.4 is 10.9 Å². The normalized spacial score (nSPS) is 32.9. The summed E-state index contributed by atoms with van der Waals surface area (Å²) in [5.74, 6) is 2.56. The summed E-state index contributed by atoms with van der Waals surface area (Å²) in [6, 6.07) is 0.180. The van der Waals surface area contributed by atoms with Gasteiger partial charge in [-0.3, -0.25) is 14.2 Å². The van der Waals surface area contributed by atoms with Crippen molar-refractivity contribution in [1.82, 2.24) is 14.9 Å². The van der Waals surface area contributed by atoms with Crippen LogP contribution >= 0.6 is 11.3 Å². The second-order valence-electron chi connectivity index (χ2n) is 10.6. The molecule has 4 bridgehead atoms. The minimum Gasteiger partial charge on any atom is -0.352 e. The van der Waals surface area contributed by atoms with Crippen LogP contribution in [0, 0.1) is 23.2 Å². The largest absolute Gasteiger partial charge is 0.352 e. The van der Waals surface area contributed by atoms with Crippen LogP contribution in [0.5, 0.6) is 0 Å². The molecule has 0 radical (unpaired) electrons. The SMILES string of the molecule is CC(NC(=O)Cn1cnc2sc3c(c2c1=O)CCCC3)C12CC3CC(CC(C3)C1)C2. The van der Waals surface area contributed by atoms with Crippen LogP contribution in [0.15, 0.2) is 11.1 Å². The number of carbonyl (C=O) groups is 1. The van der Waals surface area contributed by atoms with Gasteiger partial charge in [-0.25, -0.2) is 4.98 Å². The highest BCUT2D eigenvalue weighted by Gasteiger charge is 2.53. The first kappa shape index (κ1) is 19.0. The molecular weight excluding hydrogens is 394 g/mol. The fraction of sp³-hybridized carbons (Fsp3) is 0.708. The molecule has 0 aliphatic heterocycles. The van der Waals surface area contributed by atoms with Gasteiger partial charge in [0, 0.05) is 10.9 Å². The van der Waals surface area contributed by atoms with Crippen LogP contribution in [-0.4, -0.2) is 21.5 Å². The van der Waals surface area contributed by atoms with Crippen molar-refractivity contribution in [2.75, 3.05) is 0 Å². The van der Waals surface area contributed by atoms with Crippen molar-refractivity contribution in [3.8, 4) is 0 Å². The Balaban J connectivity index is 1.21. The molecule has 0 saturated heterocycles. The van der Waals surface area contributed by atoms with Crippen molar-refractivity contribution in [2.45, 2.75) is 83.7 Å². The number of thiophene rings is 1. The summed E-state index contributed by atoms with van der Waals surface area (Å²) in [5, 5.41) is 4.06. The van der Waals surface area contributed by atoms with Gasteiger partial charge in [0.05, 0.1) is 11.7 Å². The van der Waals surface area contributed by atoms with Crippen LogP contribution in [0.4, 0.5) is 0 Å². The highest BCUT2D eigenvalue weighted by atomic mass is 32.1. The summed E-state index contributed by atoms with van der Waals surface area (Å²) >= 11 is 1.66. The molecular formula is C24H31N3O2S. The Labute approximate surface area is 181 Å². The van der Waals surface area contributed by atoms with Crippen LogP contribution in [0.25, 0.3) is 10.2 Å². The third kappa shape index (κ3) is 2.97. The molecule has 160 valence electrons. The Morgan fingerprint density at radius 1 is 1.20 bits per heavy atom. The Morgan fingerprint density at radius 2 is 1.87 bits per heavy atom. The van der Waals surface area contributed by atoms with E-state index in [0.29, 0.717) is 0 Å².